The van der Waals surface area contributed by atoms with Gasteiger partial charge in [0, 0.05) is 23.2 Å². The predicted octanol–water partition coefficient (Wildman–Crippen LogP) is 2.10. The van der Waals surface area contributed by atoms with E-state index in [1.807, 2.05) is 6.20 Å². The van der Waals surface area contributed by atoms with Crippen LogP contribution in [0.15, 0.2) is 6.20 Å². The molecule has 0 aromatic carbocycles. The number of likely N-dealkylation sites (tertiary alicyclic amines) is 1. The van der Waals surface area contributed by atoms with Crippen LogP contribution in [0.1, 0.15) is 38.0 Å². The Hall–Kier alpha value is -0.650. The molecule has 1 aliphatic rings. The molecule has 1 aromatic heterocycles. The molecular formula is C13H23N3OS. The smallest absolute Gasteiger partial charge is 0.180 e. The predicted molar refractivity (Wildman–Crippen MR) is 75.4 cm³/mol. The van der Waals surface area contributed by atoms with Crippen molar-refractivity contribution in [1.82, 2.24) is 9.88 Å². The van der Waals surface area contributed by atoms with Crippen LogP contribution in [0.5, 0.6) is 0 Å². The highest BCUT2D eigenvalue weighted by Crippen LogP contribution is 2.36. The van der Waals surface area contributed by atoms with E-state index in [0.29, 0.717) is 11.0 Å². The van der Waals surface area contributed by atoms with E-state index >= 15 is 0 Å². The minimum Gasteiger partial charge on any atom is -0.394 e. The topological polar surface area (TPSA) is 62.4 Å². The molecule has 0 saturated carbocycles. The third-order valence-electron chi connectivity index (χ3n) is 3.74. The highest BCUT2D eigenvalue weighted by Gasteiger charge is 2.40. The van der Waals surface area contributed by atoms with Crippen molar-refractivity contribution in [2.24, 2.45) is 5.92 Å². The lowest BCUT2D eigenvalue weighted by atomic mass is 9.87. The van der Waals surface area contributed by atoms with Gasteiger partial charge in [0.15, 0.2) is 5.13 Å². The standard InChI is InChI=1S/C13H23N3OS/c1-10(2)6-13(9-17)4-3-5-16(13)8-11-7-15-12(14)18-11/h7,10,17H,3-6,8-9H2,1-2H3,(H2,14,15). The van der Waals surface area contributed by atoms with Gasteiger partial charge in [0.1, 0.15) is 0 Å². The van der Waals surface area contributed by atoms with E-state index in [1.54, 1.807) is 11.3 Å². The van der Waals surface area contributed by atoms with E-state index in [-0.39, 0.29) is 12.1 Å². The van der Waals surface area contributed by atoms with Gasteiger partial charge in [0.2, 0.25) is 0 Å². The van der Waals surface area contributed by atoms with Crippen molar-refractivity contribution < 1.29 is 5.11 Å². The molecule has 4 nitrogen and oxygen atoms in total. The first-order chi connectivity index (χ1) is 8.55. The van der Waals surface area contributed by atoms with Crippen LogP contribution in [-0.2, 0) is 6.54 Å². The molecule has 1 atom stereocenters. The van der Waals surface area contributed by atoms with Gasteiger partial charge in [0.25, 0.3) is 0 Å². The Kier molecular flexibility index (Phi) is 4.25. The summed E-state index contributed by atoms with van der Waals surface area (Å²) in [5.74, 6) is 0.601. The van der Waals surface area contributed by atoms with Crippen LogP contribution in [0.25, 0.3) is 0 Å². The average Bonchev–Trinajstić information content (AvgIpc) is 2.87. The number of nitrogens with zero attached hydrogens (tertiary/aromatic N) is 2. The summed E-state index contributed by atoms with van der Waals surface area (Å²) in [6.07, 6.45) is 5.17. The number of aromatic nitrogens is 1. The monoisotopic (exact) mass is 269 g/mol. The molecule has 0 radical (unpaired) electrons. The minimum atomic E-state index is -0.0348. The second-order valence-electron chi connectivity index (χ2n) is 5.67. The van der Waals surface area contributed by atoms with Gasteiger partial charge in [-0.05, 0) is 31.7 Å². The normalized spacial score (nSPS) is 25.1. The second-order valence-corrected chi connectivity index (χ2v) is 6.82. The number of rotatable bonds is 5. The minimum absolute atomic E-state index is 0.0348. The van der Waals surface area contributed by atoms with Crippen molar-refractivity contribution >= 4 is 16.5 Å². The van der Waals surface area contributed by atoms with E-state index < -0.39 is 0 Å². The van der Waals surface area contributed by atoms with Crippen molar-refractivity contribution in [1.29, 1.82) is 0 Å². The number of hydrogen-bond donors (Lipinski definition) is 2. The Labute approximate surface area is 113 Å². The summed E-state index contributed by atoms with van der Waals surface area (Å²) >= 11 is 1.55. The van der Waals surface area contributed by atoms with Gasteiger partial charge in [-0.25, -0.2) is 4.98 Å². The third-order valence-corrected chi connectivity index (χ3v) is 4.55. The summed E-state index contributed by atoms with van der Waals surface area (Å²) < 4.78 is 0. The first-order valence-corrected chi connectivity index (χ1v) is 7.43. The zero-order valence-electron chi connectivity index (χ0n) is 11.2. The lowest BCUT2D eigenvalue weighted by Crippen LogP contribution is -2.47. The van der Waals surface area contributed by atoms with Gasteiger partial charge >= 0.3 is 0 Å². The molecule has 0 amide bonds. The molecule has 3 N–H and O–H groups in total. The summed E-state index contributed by atoms with van der Waals surface area (Å²) in [6, 6.07) is 0. The van der Waals surface area contributed by atoms with Crippen LogP contribution in [0.4, 0.5) is 5.13 Å². The van der Waals surface area contributed by atoms with E-state index in [9.17, 15) is 5.11 Å². The molecule has 0 bridgehead atoms. The fraction of sp³-hybridized carbons (Fsp3) is 0.769. The SMILES string of the molecule is CC(C)CC1(CO)CCCN1Cc1cnc(N)s1. The molecule has 5 heteroatoms. The highest BCUT2D eigenvalue weighted by atomic mass is 32.1. The fourth-order valence-electron chi connectivity index (χ4n) is 3.06. The third kappa shape index (κ3) is 2.84. The molecular weight excluding hydrogens is 246 g/mol. The zero-order chi connectivity index (χ0) is 13.2. The molecule has 1 fully saturated rings. The Bertz CT molecular complexity index is 393. The maximum absolute atomic E-state index is 9.84. The molecule has 1 aliphatic heterocycles. The Morgan fingerprint density at radius 3 is 2.94 bits per heavy atom. The number of anilines is 1. The van der Waals surface area contributed by atoms with Crippen LogP contribution in [0, 0.1) is 5.92 Å². The van der Waals surface area contributed by atoms with Crippen molar-refractivity contribution in [2.45, 2.75) is 45.2 Å². The maximum Gasteiger partial charge on any atom is 0.180 e. The fourth-order valence-corrected chi connectivity index (χ4v) is 3.76. The molecule has 18 heavy (non-hydrogen) atoms. The Morgan fingerprint density at radius 1 is 1.61 bits per heavy atom. The second kappa shape index (κ2) is 5.55. The van der Waals surface area contributed by atoms with E-state index in [1.165, 1.54) is 11.3 Å². The molecule has 102 valence electrons. The van der Waals surface area contributed by atoms with Crippen molar-refractivity contribution in [3.8, 4) is 0 Å². The average molecular weight is 269 g/mol. The first-order valence-electron chi connectivity index (χ1n) is 6.62. The van der Waals surface area contributed by atoms with Crippen LogP contribution in [0.3, 0.4) is 0 Å². The highest BCUT2D eigenvalue weighted by molar-refractivity contribution is 7.15. The van der Waals surface area contributed by atoms with Crippen molar-refractivity contribution in [2.75, 3.05) is 18.9 Å². The molecule has 2 heterocycles. The lowest BCUT2D eigenvalue weighted by Gasteiger charge is -2.38. The molecule has 1 saturated heterocycles. The van der Waals surface area contributed by atoms with Crippen LogP contribution in [0.2, 0.25) is 0 Å². The van der Waals surface area contributed by atoms with Gasteiger partial charge in [0.05, 0.1) is 6.61 Å². The molecule has 1 unspecified atom stereocenters. The summed E-state index contributed by atoms with van der Waals surface area (Å²) in [6.45, 7) is 6.61. The number of nitrogen functional groups attached to an aromatic ring is 1. The van der Waals surface area contributed by atoms with Gasteiger partial charge in [-0.15, -0.1) is 11.3 Å². The Balaban J connectivity index is 2.10. The van der Waals surface area contributed by atoms with E-state index in [4.69, 9.17) is 5.73 Å². The number of aliphatic hydroxyl groups excluding tert-OH is 1. The molecule has 1 aromatic rings. The summed E-state index contributed by atoms with van der Waals surface area (Å²) in [5, 5.41) is 10.5. The van der Waals surface area contributed by atoms with Crippen LogP contribution in [-0.4, -0.2) is 33.7 Å². The molecule has 0 spiro atoms. The number of hydrogen-bond acceptors (Lipinski definition) is 5. The van der Waals surface area contributed by atoms with Crippen molar-refractivity contribution in [3.05, 3.63) is 11.1 Å². The number of nitrogens with two attached hydrogens (primary N) is 1. The van der Waals surface area contributed by atoms with Gasteiger partial charge in [-0.2, -0.15) is 0 Å². The molecule has 2 rings (SSSR count). The first kappa shape index (κ1) is 13.8. The molecule has 0 aliphatic carbocycles. The van der Waals surface area contributed by atoms with Crippen LogP contribution >= 0.6 is 11.3 Å². The maximum atomic E-state index is 9.84. The quantitative estimate of drug-likeness (QED) is 0.859. The number of thiazole rings is 1. The zero-order valence-corrected chi connectivity index (χ0v) is 12.0. The van der Waals surface area contributed by atoms with Gasteiger partial charge < -0.3 is 10.8 Å². The number of aliphatic hydroxyl groups is 1. The van der Waals surface area contributed by atoms with Gasteiger partial charge in [-0.3, -0.25) is 4.90 Å². The Morgan fingerprint density at radius 2 is 2.39 bits per heavy atom. The largest absolute Gasteiger partial charge is 0.394 e. The van der Waals surface area contributed by atoms with Crippen LogP contribution < -0.4 is 5.73 Å². The summed E-state index contributed by atoms with van der Waals surface area (Å²) in [5.41, 5.74) is 5.64. The van der Waals surface area contributed by atoms with E-state index in [0.717, 1.165) is 25.9 Å². The summed E-state index contributed by atoms with van der Waals surface area (Å²) in [7, 11) is 0. The van der Waals surface area contributed by atoms with Crippen molar-refractivity contribution in [3.63, 3.8) is 0 Å². The lowest BCUT2D eigenvalue weighted by molar-refractivity contribution is 0.0415. The van der Waals surface area contributed by atoms with Gasteiger partial charge in [-0.1, -0.05) is 13.8 Å². The van der Waals surface area contributed by atoms with E-state index in [2.05, 4.69) is 23.7 Å². The summed E-state index contributed by atoms with van der Waals surface area (Å²) in [4.78, 5) is 7.71.